The van der Waals surface area contributed by atoms with Crippen molar-refractivity contribution in [3.63, 3.8) is 0 Å². The van der Waals surface area contributed by atoms with Gasteiger partial charge in [0.1, 0.15) is 5.82 Å². The van der Waals surface area contributed by atoms with Crippen molar-refractivity contribution in [1.29, 1.82) is 0 Å². The van der Waals surface area contributed by atoms with Crippen molar-refractivity contribution in [2.45, 2.75) is 19.9 Å². The van der Waals surface area contributed by atoms with Gasteiger partial charge < -0.3 is 5.73 Å². The summed E-state index contributed by atoms with van der Waals surface area (Å²) >= 11 is 5.77. The van der Waals surface area contributed by atoms with Crippen LogP contribution in [0.4, 0.5) is 4.39 Å². The Bertz CT molecular complexity index is 377. The number of carbonyl (C=O) groups excluding carboxylic acids is 1. The first-order valence-corrected chi connectivity index (χ1v) is 4.57. The van der Waals surface area contributed by atoms with Gasteiger partial charge in [0.05, 0.1) is 11.6 Å². The molecule has 0 spiro atoms. The fourth-order valence-corrected chi connectivity index (χ4v) is 1.34. The Hall–Kier alpha value is -0.930. The summed E-state index contributed by atoms with van der Waals surface area (Å²) in [6.07, 6.45) is 0. The van der Waals surface area contributed by atoms with Crippen molar-refractivity contribution in [3.05, 3.63) is 34.1 Å². The van der Waals surface area contributed by atoms with E-state index < -0.39 is 17.6 Å². The number of hydrogen-bond acceptors (Lipinski definition) is 2. The zero-order chi connectivity index (χ0) is 10.9. The van der Waals surface area contributed by atoms with E-state index in [9.17, 15) is 9.18 Å². The van der Waals surface area contributed by atoms with Crippen molar-refractivity contribution in [3.8, 4) is 0 Å². The second-order valence-electron chi connectivity index (χ2n) is 3.18. The summed E-state index contributed by atoms with van der Waals surface area (Å²) < 4.78 is 13.3. The molecule has 0 saturated carbocycles. The van der Waals surface area contributed by atoms with Crippen LogP contribution in [0.2, 0.25) is 5.02 Å². The molecule has 0 radical (unpaired) electrons. The maximum Gasteiger partial charge on any atom is 0.182 e. The zero-order valence-corrected chi connectivity index (χ0v) is 8.73. The average molecular weight is 216 g/mol. The van der Waals surface area contributed by atoms with Gasteiger partial charge >= 0.3 is 0 Å². The van der Waals surface area contributed by atoms with E-state index in [0.717, 1.165) is 0 Å². The number of halogens is 2. The molecule has 0 aliphatic rings. The lowest BCUT2D eigenvalue weighted by atomic mass is 10.0. The van der Waals surface area contributed by atoms with Crippen molar-refractivity contribution < 1.29 is 9.18 Å². The van der Waals surface area contributed by atoms with Gasteiger partial charge in [-0.2, -0.15) is 0 Å². The lowest BCUT2D eigenvalue weighted by Crippen LogP contribution is -2.28. The summed E-state index contributed by atoms with van der Waals surface area (Å²) in [6.45, 7) is 3.11. The molecule has 1 aromatic carbocycles. The van der Waals surface area contributed by atoms with E-state index in [1.807, 2.05) is 0 Å². The predicted molar refractivity (Wildman–Crippen MR) is 54.1 cm³/mol. The number of rotatable bonds is 2. The van der Waals surface area contributed by atoms with E-state index in [0.29, 0.717) is 10.6 Å². The van der Waals surface area contributed by atoms with Gasteiger partial charge in [-0.1, -0.05) is 11.6 Å². The molecule has 1 rings (SSSR count). The average Bonchev–Trinajstić information content (AvgIpc) is 2.12. The van der Waals surface area contributed by atoms with Gasteiger partial charge in [0.2, 0.25) is 0 Å². The minimum absolute atomic E-state index is 0.00694. The van der Waals surface area contributed by atoms with E-state index in [4.69, 9.17) is 17.3 Å². The van der Waals surface area contributed by atoms with Gasteiger partial charge in [-0.3, -0.25) is 4.79 Å². The first-order chi connectivity index (χ1) is 6.45. The third-order valence-electron chi connectivity index (χ3n) is 2.01. The van der Waals surface area contributed by atoms with E-state index in [-0.39, 0.29) is 5.56 Å². The van der Waals surface area contributed by atoms with Gasteiger partial charge in [-0.25, -0.2) is 4.39 Å². The lowest BCUT2D eigenvalue weighted by molar-refractivity contribution is 0.0963. The van der Waals surface area contributed by atoms with Crippen LogP contribution in [0.3, 0.4) is 0 Å². The smallest absolute Gasteiger partial charge is 0.182 e. The zero-order valence-electron chi connectivity index (χ0n) is 7.97. The number of ketones is 1. The van der Waals surface area contributed by atoms with Gasteiger partial charge in [0.15, 0.2) is 5.78 Å². The highest BCUT2D eigenvalue weighted by Gasteiger charge is 2.19. The molecule has 1 unspecified atom stereocenters. The molecule has 1 atom stereocenters. The summed E-state index contributed by atoms with van der Waals surface area (Å²) in [4.78, 5) is 11.5. The highest BCUT2D eigenvalue weighted by atomic mass is 35.5. The van der Waals surface area contributed by atoms with Crippen molar-refractivity contribution in [1.82, 2.24) is 0 Å². The van der Waals surface area contributed by atoms with Crippen molar-refractivity contribution in [2.24, 2.45) is 5.73 Å². The van der Waals surface area contributed by atoms with Crippen LogP contribution in [0.1, 0.15) is 22.8 Å². The minimum Gasteiger partial charge on any atom is -0.321 e. The quantitative estimate of drug-likeness (QED) is 0.770. The molecule has 1 aromatic rings. The summed E-state index contributed by atoms with van der Waals surface area (Å²) in [5, 5.41) is 0.371. The molecule has 0 fully saturated rings. The molecule has 2 nitrogen and oxygen atoms in total. The fourth-order valence-electron chi connectivity index (χ4n) is 1.18. The van der Waals surface area contributed by atoms with Crippen LogP contribution < -0.4 is 5.73 Å². The molecule has 0 saturated heterocycles. The van der Waals surface area contributed by atoms with Crippen LogP contribution in [0.15, 0.2) is 12.1 Å². The predicted octanol–water partition coefficient (Wildman–Crippen LogP) is 2.32. The highest BCUT2D eigenvalue weighted by molar-refractivity contribution is 6.31. The summed E-state index contributed by atoms with van der Waals surface area (Å²) in [7, 11) is 0. The summed E-state index contributed by atoms with van der Waals surface area (Å²) in [6, 6.07) is 1.87. The third-order valence-corrected chi connectivity index (χ3v) is 2.42. The number of benzene rings is 1. The van der Waals surface area contributed by atoms with Gasteiger partial charge in [0, 0.05) is 5.02 Å². The second-order valence-corrected chi connectivity index (χ2v) is 3.59. The Morgan fingerprint density at radius 1 is 1.57 bits per heavy atom. The van der Waals surface area contributed by atoms with E-state index >= 15 is 0 Å². The van der Waals surface area contributed by atoms with E-state index in [1.165, 1.54) is 19.1 Å². The molecular weight excluding hydrogens is 205 g/mol. The third kappa shape index (κ3) is 1.94. The summed E-state index contributed by atoms with van der Waals surface area (Å²) in [5.74, 6) is -1.00. The van der Waals surface area contributed by atoms with Crippen molar-refractivity contribution in [2.75, 3.05) is 0 Å². The Morgan fingerprint density at radius 2 is 2.14 bits per heavy atom. The van der Waals surface area contributed by atoms with Crippen LogP contribution in [-0.2, 0) is 0 Å². The van der Waals surface area contributed by atoms with Gasteiger partial charge in [-0.15, -0.1) is 0 Å². The SMILES string of the molecule is Cc1c(Cl)ccc(F)c1C(=O)C(C)N. The molecule has 2 N–H and O–H groups in total. The number of nitrogens with two attached hydrogens (primary N) is 1. The molecule has 0 amide bonds. The van der Waals surface area contributed by atoms with Crippen LogP contribution >= 0.6 is 11.6 Å². The first kappa shape index (κ1) is 11.1. The maximum atomic E-state index is 13.3. The Balaban J connectivity index is 3.33. The standard InChI is InChI=1S/C10H11ClFNO/c1-5-7(11)3-4-8(12)9(5)10(14)6(2)13/h3-4,6H,13H2,1-2H3. The molecule has 0 aliphatic heterocycles. The minimum atomic E-state index is -0.721. The molecule has 76 valence electrons. The maximum absolute atomic E-state index is 13.3. The van der Waals surface area contributed by atoms with Gasteiger partial charge in [-0.05, 0) is 31.5 Å². The molecular formula is C10H11ClFNO. The van der Waals surface area contributed by atoms with Crippen LogP contribution in [-0.4, -0.2) is 11.8 Å². The highest BCUT2D eigenvalue weighted by Crippen LogP contribution is 2.22. The lowest BCUT2D eigenvalue weighted by Gasteiger charge is -2.09. The van der Waals surface area contributed by atoms with Crippen molar-refractivity contribution >= 4 is 17.4 Å². The molecule has 14 heavy (non-hydrogen) atoms. The second kappa shape index (κ2) is 4.07. The van der Waals surface area contributed by atoms with E-state index in [1.54, 1.807) is 6.92 Å². The Morgan fingerprint density at radius 3 is 2.64 bits per heavy atom. The topological polar surface area (TPSA) is 43.1 Å². The normalized spacial score (nSPS) is 12.6. The van der Waals surface area contributed by atoms with Crippen LogP contribution in [0.5, 0.6) is 0 Å². The summed E-state index contributed by atoms with van der Waals surface area (Å²) in [5.41, 5.74) is 5.83. The first-order valence-electron chi connectivity index (χ1n) is 4.19. The number of Topliss-reactive ketones (excluding diaryl/α,β-unsaturated/α-hetero) is 1. The van der Waals surface area contributed by atoms with E-state index in [2.05, 4.69) is 0 Å². The van der Waals surface area contributed by atoms with Crippen LogP contribution in [0, 0.1) is 12.7 Å². The Kier molecular flexibility index (Phi) is 3.24. The Labute approximate surface area is 86.9 Å². The molecule has 0 aliphatic carbocycles. The largest absolute Gasteiger partial charge is 0.321 e. The number of hydrogen-bond donors (Lipinski definition) is 1. The van der Waals surface area contributed by atoms with Gasteiger partial charge in [0.25, 0.3) is 0 Å². The molecule has 4 heteroatoms. The fraction of sp³-hybridized carbons (Fsp3) is 0.300. The molecule has 0 aromatic heterocycles. The number of carbonyl (C=O) groups is 1. The molecule has 0 bridgehead atoms. The monoisotopic (exact) mass is 215 g/mol. The molecule has 0 heterocycles. The van der Waals surface area contributed by atoms with Crippen LogP contribution in [0.25, 0.3) is 0 Å².